The zero-order valence-electron chi connectivity index (χ0n) is 32.7. The van der Waals surface area contributed by atoms with Crippen molar-refractivity contribution in [1.29, 1.82) is 0 Å². The maximum absolute atomic E-state index is 12.9. The molecule has 5 unspecified atom stereocenters. The fourth-order valence-electron chi connectivity index (χ4n) is 6.43. The number of ether oxygens (including phenoxy) is 2. The van der Waals surface area contributed by atoms with Gasteiger partial charge in [-0.15, -0.1) is 0 Å². The van der Waals surface area contributed by atoms with Crippen molar-refractivity contribution in [3.63, 3.8) is 0 Å². The molecule has 0 aromatic heterocycles. The van der Waals surface area contributed by atoms with Gasteiger partial charge in [-0.05, 0) is 38.5 Å². The maximum atomic E-state index is 12.9. The summed E-state index contributed by atoms with van der Waals surface area (Å²) in [5.74, 6) is -0.285. The van der Waals surface area contributed by atoms with Crippen molar-refractivity contribution in [3.8, 4) is 0 Å². The Kier molecular flexibility index (Phi) is 30.5. The van der Waals surface area contributed by atoms with E-state index in [0.717, 1.165) is 57.8 Å². The van der Waals surface area contributed by atoms with Crippen LogP contribution in [0.2, 0.25) is 0 Å². The standard InChI is InChI=1S/C42H77NO9/c1-3-5-7-9-11-13-15-17-18-19-21-23-25-27-29-31-37(46)43-34(33-51-42-41(50)40(49)39(48)36(32-44)52-42)38(47)35(45)30-28-26-24-22-20-16-14-12-10-8-6-4-2/h11,13,15,17-19,34-36,38-42,44-45,47-50H,3-10,12,14,16,20-33H2,1-2H3,(H,43,46)/b13-11-,17-15+,19-18+/t34-,35+,36?,38-,39?,40?,41?,42?/m0/s1. The topological polar surface area (TPSA) is 169 Å². The Balaban J connectivity index is 2.49. The summed E-state index contributed by atoms with van der Waals surface area (Å²) >= 11 is 0. The van der Waals surface area contributed by atoms with Crippen molar-refractivity contribution < 1.29 is 44.9 Å². The highest BCUT2D eigenvalue weighted by Crippen LogP contribution is 2.23. The molecule has 0 aromatic carbocycles. The average molecular weight is 740 g/mol. The summed E-state index contributed by atoms with van der Waals surface area (Å²) in [4.78, 5) is 12.9. The van der Waals surface area contributed by atoms with E-state index in [4.69, 9.17) is 9.47 Å². The Hall–Kier alpha value is -1.63. The molecular formula is C42H77NO9. The van der Waals surface area contributed by atoms with Gasteiger partial charge in [0.05, 0.1) is 25.4 Å². The van der Waals surface area contributed by atoms with Crippen LogP contribution in [0.3, 0.4) is 0 Å². The van der Waals surface area contributed by atoms with Gasteiger partial charge in [0.2, 0.25) is 5.91 Å². The van der Waals surface area contributed by atoms with Gasteiger partial charge in [0.25, 0.3) is 0 Å². The first-order valence-electron chi connectivity index (χ1n) is 20.8. The third-order valence-electron chi connectivity index (χ3n) is 9.90. The minimum absolute atomic E-state index is 0.251. The molecule has 1 heterocycles. The first-order chi connectivity index (χ1) is 25.3. The lowest BCUT2D eigenvalue weighted by Crippen LogP contribution is -2.60. The lowest BCUT2D eigenvalue weighted by Gasteiger charge is -2.40. The highest BCUT2D eigenvalue weighted by Gasteiger charge is 2.44. The molecule has 10 nitrogen and oxygen atoms in total. The fraction of sp³-hybridized carbons (Fsp3) is 0.833. The monoisotopic (exact) mass is 740 g/mol. The van der Waals surface area contributed by atoms with Crippen molar-refractivity contribution in [2.75, 3.05) is 13.2 Å². The van der Waals surface area contributed by atoms with E-state index < -0.39 is 55.6 Å². The van der Waals surface area contributed by atoms with E-state index in [-0.39, 0.29) is 18.9 Å². The molecule has 0 aromatic rings. The second-order valence-corrected chi connectivity index (χ2v) is 14.6. The van der Waals surface area contributed by atoms with Crippen LogP contribution in [-0.4, -0.2) is 98.7 Å². The zero-order valence-corrected chi connectivity index (χ0v) is 32.7. The Bertz CT molecular complexity index is 927. The highest BCUT2D eigenvalue weighted by molar-refractivity contribution is 5.76. The molecular weight excluding hydrogens is 662 g/mol. The summed E-state index contributed by atoms with van der Waals surface area (Å²) in [5.41, 5.74) is 0. The number of hydrogen-bond acceptors (Lipinski definition) is 9. The molecule has 10 heteroatoms. The lowest BCUT2D eigenvalue weighted by atomic mass is 9.98. The normalized spacial score (nSPS) is 22.8. The fourth-order valence-corrected chi connectivity index (χ4v) is 6.43. The lowest BCUT2D eigenvalue weighted by molar-refractivity contribution is -0.303. The summed E-state index contributed by atoms with van der Waals surface area (Å²) in [6, 6.07) is -1.00. The van der Waals surface area contributed by atoms with Crippen LogP contribution in [0.15, 0.2) is 36.5 Å². The first-order valence-corrected chi connectivity index (χ1v) is 20.8. The van der Waals surface area contributed by atoms with E-state index >= 15 is 0 Å². The van der Waals surface area contributed by atoms with Gasteiger partial charge in [-0.1, -0.05) is 153 Å². The zero-order chi connectivity index (χ0) is 38.2. The Morgan fingerprint density at radius 3 is 1.75 bits per heavy atom. The van der Waals surface area contributed by atoms with Gasteiger partial charge >= 0.3 is 0 Å². The van der Waals surface area contributed by atoms with Crippen molar-refractivity contribution in [2.24, 2.45) is 0 Å². The molecule has 1 aliphatic heterocycles. The van der Waals surface area contributed by atoms with Crippen LogP contribution in [0.25, 0.3) is 0 Å². The minimum Gasteiger partial charge on any atom is -0.394 e. The third-order valence-corrected chi connectivity index (χ3v) is 9.90. The second-order valence-electron chi connectivity index (χ2n) is 14.6. The van der Waals surface area contributed by atoms with Crippen molar-refractivity contribution in [3.05, 3.63) is 36.5 Å². The van der Waals surface area contributed by atoms with E-state index in [2.05, 4.69) is 49.5 Å². The number of carbonyl (C=O) groups is 1. The Labute approximate surface area is 315 Å². The molecule has 1 fully saturated rings. The maximum Gasteiger partial charge on any atom is 0.220 e. The molecule has 0 bridgehead atoms. The number of hydrogen-bond donors (Lipinski definition) is 7. The molecule has 0 saturated carbocycles. The van der Waals surface area contributed by atoms with Crippen molar-refractivity contribution in [2.45, 2.75) is 210 Å². The van der Waals surface area contributed by atoms with Crippen LogP contribution in [-0.2, 0) is 14.3 Å². The van der Waals surface area contributed by atoms with Gasteiger partial charge in [-0.2, -0.15) is 0 Å². The van der Waals surface area contributed by atoms with E-state index in [0.29, 0.717) is 12.8 Å². The van der Waals surface area contributed by atoms with Gasteiger partial charge in [0.15, 0.2) is 6.29 Å². The quantitative estimate of drug-likeness (QED) is 0.0287. The van der Waals surface area contributed by atoms with Crippen molar-refractivity contribution in [1.82, 2.24) is 5.32 Å². The molecule has 8 atom stereocenters. The van der Waals surface area contributed by atoms with Crippen molar-refractivity contribution >= 4 is 5.91 Å². The number of allylic oxidation sites excluding steroid dienone is 6. The van der Waals surface area contributed by atoms with Gasteiger partial charge in [0, 0.05) is 6.42 Å². The van der Waals surface area contributed by atoms with Crippen LogP contribution < -0.4 is 5.32 Å². The van der Waals surface area contributed by atoms with Gasteiger partial charge in [-0.3, -0.25) is 4.79 Å². The Morgan fingerprint density at radius 1 is 0.673 bits per heavy atom. The second kappa shape index (κ2) is 32.8. The van der Waals surface area contributed by atoms with E-state index in [1.165, 1.54) is 70.6 Å². The smallest absolute Gasteiger partial charge is 0.220 e. The summed E-state index contributed by atoms with van der Waals surface area (Å²) in [6.45, 7) is 3.52. The minimum atomic E-state index is -1.61. The molecule has 0 spiro atoms. The molecule has 0 aliphatic carbocycles. The number of unbranched alkanes of at least 4 members (excludes halogenated alkanes) is 18. The number of rotatable bonds is 33. The van der Waals surface area contributed by atoms with E-state index in [1.807, 2.05) is 6.08 Å². The molecule has 1 aliphatic rings. The average Bonchev–Trinajstić information content (AvgIpc) is 3.14. The summed E-state index contributed by atoms with van der Waals surface area (Å²) in [5, 5.41) is 64.9. The molecule has 7 N–H and O–H groups in total. The first kappa shape index (κ1) is 48.4. The number of amides is 1. The van der Waals surface area contributed by atoms with E-state index in [9.17, 15) is 35.4 Å². The molecule has 304 valence electrons. The largest absolute Gasteiger partial charge is 0.394 e. The summed E-state index contributed by atoms with van der Waals surface area (Å²) in [6.07, 6.45) is 27.2. The van der Waals surface area contributed by atoms with Gasteiger partial charge in [0.1, 0.15) is 30.5 Å². The van der Waals surface area contributed by atoms with Crippen LogP contribution >= 0.6 is 0 Å². The summed E-state index contributed by atoms with van der Waals surface area (Å²) in [7, 11) is 0. The van der Waals surface area contributed by atoms with Crippen LogP contribution in [0.1, 0.15) is 162 Å². The highest BCUT2D eigenvalue weighted by atomic mass is 16.7. The van der Waals surface area contributed by atoms with Crippen LogP contribution in [0, 0.1) is 0 Å². The predicted octanol–water partition coefficient (Wildman–Crippen LogP) is 6.69. The number of aliphatic hydroxyl groups excluding tert-OH is 6. The molecule has 1 rings (SSSR count). The molecule has 1 saturated heterocycles. The van der Waals surface area contributed by atoms with Gasteiger partial charge in [-0.25, -0.2) is 0 Å². The Morgan fingerprint density at radius 2 is 1.17 bits per heavy atom. The van der Waals surface area contributed by atoms with E-state index in [1.54, 1.807) is 0 Å². The molecule has 52 heavy (non-hydrogen) atoms. The molecule has 0 radical (unpaired) electrons. The van der Waals surface area contributed by atoms with Crippen LogP contribution in [0.4, 0.5) is 0 Å². The summed E-state index contributed by atoms with van der Waals surface area (Å²) < 4.78 is 11.1. The predicted molar refractivity (Wildman–Crippen MR) is 209 cm³/mol. The number of carbonyl (C=O) groups excluding carboxylic acids is 1. The van der Waals surface area contributed by atoms with Crippen LogP contribution in [0.5, 0.6) is 0 Å². The number of aliphatic hydroxyl groups is 6. The molecule has 1 amide bonds. The SMILES string of the molecule is CCCCC\C=C/C=C/C=C/CCCCCCC(=O)N[C@@H](COC1OC(CO)C(O)C(O)C1O)[C@H](O)[C@H](O)CCCCCCCCCCCCCC. The van der Waals surface area contributed by atoms with Gasteiger partial charge < -0.3 is 45.4 Å². The third kappa shape index (κ3) is 23.2. The number of nitrogens with one attached hydrogen (secondary N) is 1.